The number of alkyl halides is 21. The second-order valence-corrected chi connectivity index (χ2v) is 12.7. The second kappa shape index (κ2) is 13.5. The number of rotatable bonds is 15. The molecule has 292 valence electrons. The van der Waals surface area contributed by atoms with E-state index in [9.17, 15) is 96.8 Å². The van der Waals surface area contributed by atoms with Crippen LogP contribution >= 0.6 is 7.67 Å². The van der Waals surface area contributed by atoms with E-state index in [-0.39, 0.29) is 52.6 Å². The van der Waals surface area contributed by atoms with Crippen molar-refractivity contribution in [2.75, 3.05) is 59.2 Å². The molecule has 0 amide bonds. The maximum Gasteiger partial charge on any atom is 0.460 e. The van der Waals surface area contributed by atoms with Crippen LogP contribution in [-0.2, 0) is 18.6 Å². The summed E-state index contributed by atoms with van der Waals surface area (Å²) in [5.41, 5.74) is 0. The van der Waals surface area contributed by atoms with Gasteiger partial charge < -0.3 is 14.0 Å². The Hall–Kier alpha value is -1.44. The molecule has 2 heterocycles. The van der Waals surface area contributed by atoms with E-state index in [1.165, 1.54) is 0 Å². The molecule has 2 rings (SSSR count). The molecule has 2 aliphatic heterocycles. The first-order valence-electron chi connectivity index (χ1n) is 13.0. The van der Waals surface area contributed by atoms with E-state index in [4.69, 9.17) is 14.0 Å². The molecule has 2 fully saturated rings. The Balaban J connectivity index is 2.37. The average molecular weight is 796 g/mol. The number of morpholine rings is 2. The van der Waals surface area contributed by atoms with Crippen LogP contribution < -0.4 is 0 Å². The van der Waals surface area contributed by atoms with Gasteiger partial charge in [-0.3, -0.25) is 4.57 Å². The summed E-state index contributed by atoms with van der Waals surface area (Å²) in [6.07, 6.45) is -12.5. The minimum absolute atomic E-state index is 0.0662. The third-order valence-electron chi connectivity index (χ3n) is 7.16. The van der Waals surface area contributed by atoms with Gasteiger partial charge in [-0.05, 0) is 6.42 Å². The molecule has 2 aliphatic rings. The van der Waals surface area contributed by atoms with Gasteiger partial charge in [-0.25, -0.2) is 9.34 Å². The van der Waals surface area contributed by atoms with Crippen LogP contribution in [0.5, 0.6) is 0 Å². The first kappa shape index (κ1) is 43.7. The molecule has 0 bridgehead atoms. The summed E-state index contributed by atoms with van der Waals surface area (Å²) in [5, 5.41) is 0. The monoisotopic (exact) mass is 796 g/mol. The first-order valence-corrected chi connectivity index (χ1v) is 14.6. The van der Waals surface area contributed by atoms with E-state index in [1.54, 1.807) is 0 Å². The third kappa shape index (κ3) is 6.80. The zero-order valence-corrected chi connectivity index (χ0v) is 24.6. The molecule has 0 N–H and O–H groups in total. The van der Waals surface area contributed by atoms with Gasteiger partial charge in [0.05, 0.1) is 33.0 Å². The molecule has 0 spiro atoms. The zero-order valence-electron chi connectivity index (χ0n) is 23.7. The molecule has 0 aromatic carbocycles. The molecular formula is C21H22F21N2O4P. The molecule has 0 aromatic heterocycles. The molecule has 28 heteroatoms. The van der Waals surface area contributed by atoms with Crippen LogP contribution in [0.2, 0.25) is 0 Å². The van der Waals surface area contributed by atoms with E-state index >= 15 is 0 Å². The van der Waals surface area contributed by atoms with Crippen molar-refractivity contribution in [2.45, 2.75) is 72.3 Å². The molecule has 0 radical (unpaired) electrons. The minimum atomic E-state index is -9.22. The Labute approximate surface area is 260 Å². The molecule has 0 aliphatic carbocycles. The lowest BCUT2D eigenvalue weighted by Gasteiger charge is -2.44. The smallest absolute Gasteiger partial charge is 0.379 e. The summed E-state index contributed by atoms with van der Waals surface area (Å²) in [4.78, 5) is 0. The third-order valence-corrected chi connectivity index (χ3v) is 9.91. The normalized spacial score (nSPS) is 20.2. The van der Waals surface area contributed by atoms with E-state index in [0.29, 0.717) is 0 Å². The Morgan fingerprint density at radius 2 is 0.755 bits per heavy atom. The van der Waals surface area contributed by atoms with Crippen LogP contribution in [-0.4, -0.2) is 128 Å². The van der Waals surface area contributed by atoms with Crippen LogP contribution in [0.1, 0.15) is 12.8 Å². The van der Waals surface area contributed by atoms with Gasteiger partial charge in [-0.1, -0.05) is 0 Å². The number of hydrogen-bond donors (Lipinski definition) is 0. The summed E-state index contributed by atoms with van der Waals surface area (Å²) >= 11 is 0. The van der Waals surface area contributed by atoms with E-state index in [2.05, 4.69) is 0 Å². The molecule has 2 saturated heterocycles. The van der Waals surface area contributed by atoms with Gasteiger partial charge in [0, 0.05) is 32.6 Å². The van der Waals surface area contributed by atoms with Gasteiger partial charge in [0.2, 0.25) is 0 Å². The maximum absolute atomic E-state index is 14.3. The highest BCUT2D eigenvalue weighted by atomic mass is 31.2. The largest absolute Gasteiger partial charge is 0.460 e. The van der Waals surface area contributed by atoms with E-state index in [0.717, 1.165) is 9.34 Å². The van der Waals surface area contributed by atoms with Gasteiger partial charge in [0.25, 0.3) is 0 Å². The second-order valence-electron chi connectivity index (χ2n) is 10.4. The predicted molar refractivity (Wildman–Crippen MR) is 118 cm³/mol. The van der Waals surface area contributed by atoms with E-state index in [1.807, 2.05) is 0 Å². The predicted octanol–water partition coefficient (Wildman–Crippen LogP) is 7.84. The molecule has 49 heavy (non-hydrogen) atoms. The van der Waals surface area contributed by atoms with E-state index < -0.39 is 86.6 Å². The quantitative estimate of drug-likeness (QED) is 0.0958. The Kier molecular flexibility index (Phi) is 12.1. The van der Waals surface area contributed by atoms with Crippen LogP contribution in [0.3, 0.4) is 0 Å². The highest BCUT2D eigenvalue weighted by Crippen LogP contribution is 2.66. The maximum atomic E-state index is 14.3. The molecule has 0 saturated carbocycles. The van der Waals surface area contributed by atoms with Crippen LogP contribution in [0.25, 0.3) is 0 Å². The van der Waals surface area contributed by atoms with Gasteiger partial charge in [-0.15, -0.1) is 0 Å². The van der Waals surface area contributed by atoms with Gasteiger partial charge >= 0.3 is 67.1 Å². The zero-order chi connectivity index (χ0) is 38.6. The molecule has 6 nitrogen and oxygen atoms in total. The fourth-order valence-corrected chi connectivity index (χ4v) is 6.57. The van der Waals surface area contributed by atoms with Crippen LogP contribution in [0.15, 0.2) is 0 Å². The summed E-state index contributed by atoms with van der Waals surface area (Å²) < 4.78 is 316. The summed E-state index contributed by atoms with van der Waals surface area (Å²) in [6, 6.07) is 0. The Morgan fingerprint density at radius 3 is 1.06 bits per heavy atom. The molecular weight excluding hydrogens is 774 g/mol. The lowest BCUT2D eigenvalue weighted by atomic mass is 9.85. The standard InChI is InChI=1S/C21H22F21N2O4P/c22-12(23,2-1-7-48-49(45,43-3-8-46-9-4-43)44-5-10-47-11-6-44)13(24,25)14(26,27)15(28,29)16(30,31)17(32,33)18(34,35)19(36,37)20(38,39)21(40,41)42/h1-11H2. The van der Waals surface area contributed by atoms with Crippen molar-refractivity contribution >= 4 is 7.67 Å². The highest BCUT2D eigenvalue weighted by molar-refractivity contribution is 7.54. The van der Waals surface area contributed by atoms with Crippen molar-refractivity contribution in [3.05, 3.63) is 0 Å². The molecule has 0 unspecified atom stereocenters. The first-order chi connectivity index (χ1) is 21.7. The summed E-state index contributed by atoms with van der Waals surface area (Å²) in [5.74, 6) is -77.4. The van der Waals surface area contributed by atoms with Crippen molar-refractivity contribution < 1.29 is 111 Å². The Morgan fingerprint density at radius 1 is 0.469 bits per heavy atom. The van der Waals surface area contributed by atoms with Crippen molar-refractivity contribution in [3.8, 4) is 0 Å². The van der Waals surface area contributed by atoms with Crippen molar-refractivity contribution in [1.29, 1.82) is 0 Å². The van der Waals surface area contributed by atoms with Crippen molar-refractivity contribution in [1.82, 2.24) is 9.34 Å². The van der Waals surface area contributed by atoms with Crippen molar-refractivity contribution in [3.63, 3.8) is 0 Å². The van der Waals surface area contributed by atoms with Gasteiger partial charge in [0.15, 0.2) is 0 Å². The Bertz CT molecular complexity index is 1160. The lowest BCUT2D eigenvalue weighted by molar-refractivity contribution is -0.474. The number of hydrogen-bond acceptors (Lipinski definition) is 4. The van der Waals surface area contributed by atoms with Crippen LogP contribution in [0, 0.1) is 0 Å². The van der Waals surface area contributed by atoms with Crippen molar-refractivity contribution in [2.24, 2.45) is 0 Å². The topological polar surface area (TPSA) is 51.2 Å². The van der Waals surface area contributed by atoms with Gasteiger partial charge in [-0.2, -0.15) is 92.2 Å². The number of ether oxygens (including phenoxy) is 2. The minimum Gasteiger partial charge on any atom is -0.379 e. The SMILES string of the molecule is O=P(OCCCC(F)(F)C(F)(F)C(F)(F)C(F)(F)C(F)(F)C(F)(F)C(F)(F)C(F)(F)C(F)(F)C(F)(F)F)(N1CCOCC1)N1CCOCC1. The molecule has 0 atom stereocenters. The molecule has 0 aromatic rings. The fraction of sp³-hybridized carbons (Fsp3) is 1.00. The number of halogens is 21. The average Bonchev–Trinajstić information content (AvgIpc) is 2.98. The lowest BCUT2D eigenvalue weighted by Crippen LogP contribution is -2.76. The highest BCUT2D eigenvalue weighted by Gasteiger charge is 2.97. The number of nitrogens with zero attached hydrogens (tertiary/aromatic N) is 2. The van der Waals surface area contributed by atoms with Crippen LogP contribution in [0.4, 0.5) is 92.2 Å². The fourth-order valence-electron chi connectivity index (χ4n) is 4.18. The summed E-state index contributed by atoms with van der Waals surface area (Å²) in [7, 11) is -4.28. The summed E-state index contributed by atoms with van der Waals surface area (Å²) in [6.45, 7) is -2.19. The van der Waals surface area contributed by atoms with Gasteiger partial charge in [0.1, 0.15) is 0 Å².